The molecule has 0 aliphatic rings. The summed E-state index contributed by atoms with van der Waals surface area (Å²) in [5.74, 6) is 0. The van der Waals surface area contributed by atoms with E-state index in [2.05, 4.69) is 16.9 Å². The predicted octanol–water partition coefficient (Wildman–Crippen LogP) is 2.04. The van der Waals surface area contributed by atoms with Gasteiger partial charge in [-0.3, -0.25) is 0 Å². The van der Waals surface area contributed by atoms with Crippen LogP contribution in [-0.4, -0.2) is 9.97 Å². The third-order valence-electron chi connectivity index (χ3n) is 2.31. The van der Waals surface area contributed by atoms with E-state index in [9.17, 15) is 0 Å². The first kappa shape index (κ1) is 9.09. The monoisotopic (exact) mass is 187 g/mol. The van der Waals surface area contributed by atoms with Crippen LogP contribution in [0, 0.1) is 0 Å². The van der Waals surface area contributed by atoms with Crippen LogP contribution in [0.5, 0.6) is 0 Å². The third kappa shape index (κ3) is 1.59. The third-order valence-corrected chi connectivity index (χ3v) is 2.31. The second-order valence-electron chi connectivity index (χ2n) is 3.30. The van der Waals surface area contributed by atoms with Gasteiger partial charge in [-0.1, -0.05) is 6.92 Å². The number of nitrogens with two attached hydrogens (primary N) is 1. The largest absolute Gasteiger partial charge is 0.323 e. The first-order valence-electron chi connectivity index (χ1n) is 4.78. The summed E-state index contributed by atoms with van der Waals surface area (Å²) in [6, 6.07) is 7.90. The van der Waals surface area contributed by atoms with Crippen molar-refractivity contribution in [2.24, 2.45) is 5.73 Å². The average Bonchev–Trinajstić information content (AvgIpc) is 2.27. The summed E-state index contributed by atoms with van der Waals surface area (Å²) in [7, 11) is 0. The number of nitrogens with zero attached hydrogens (tertiary/aromatic N) is 2. The Hall–Kier alpha value is -1.48. The van der Waals surface area contributed by atoms with Crippen LogP contribution in [0.3, 0.4) is 0 Å². The van der Waals surface area contributed by atoms with Crippen LogP contribution < -0.4 is 5.73 Å². The molecule has 0 spiro atoms. The quantitative estimate of drug-likeness (QED) is 0.782. The maximum Gasteiger partial charge on any atom is 0.159 e. The highest BCUT2D eigenvalue weighted by Crippen LogP contribution is 2.15. The molecule has 1 atom stereocenters. The number of pyridine rings is 2. The normalized spacial score (nSPS) is 13.0. The minimum Gasteiger partial charge on any atom is -0.323 e. The van der Waals surface area contributed by atoms with E-state index in [1.54, 1.807) is 6.20 Å². The lowest BCUT2D eigenvalue weighted by molar-refractivity contribution is 0.678. The fourth-order valence-corrected chi connectivity index (χ4v) is 1.38. The zero-order valence-electron chi connectivity index (χ0n) is 8.14. The molecule has 2 aromatic heterocycles. The van der Waals surface area contributed by atoms with Crippen molar-refractivity contribution >= 4 is 11.0 Å². The van der Waals surface area contributed by atoms with E-state index in [-0.39, 0.29) is 6.04 Å². The Morgan fingerprint density at radius 3 is 3.00 bits per heavy atom. The summed E-state index contributed by atoms with van der Waals surface area (Å²) in [6.45, 7) is 2.05. The zero-order chi connectivity index (χ0) is 9.97. The molecule has 0 aliphatic carbocycles. The molecule has 0 aliphatic heterocycles. The van der Waals surface area contributed by atoms with Gasteiger partial charge in [-0.2, -0.15) is 0 Å². The lowest BCUT2D eigenvalue weighted by Gasteiger charge is -2.07. The molecule has 3 nitrogen and oxygen atoms in total. The summed E-state index contributed by atoms with van der Waals surface area (Å²) < 4.78 is 0. The Balaban J connectivity index is 2.51. The Labute approximate surface area is 83.0 Å². The zero-order valence-corrected chi connectivity index (χ0v) is 8.14. The first-order valence-corrected chi connectivity index (χ1v) is 4.78. The molecular formula is C11H13N3. The van der Waals surface area contributed by atoms with Crippen LogP contribution in [0.2, 0.25) is 0 Å². The van der Waals surface area contributed by atoms with Crippen LogP contribution in [0.15, 0.2) is 30.5 Å². The van der Waals surface area contributed by atoms with Gasteiger partial charge >= 0.3 is 0 Å². The maximum atomic E-state index is 5.90. The highest BCUT2D eigenvalue weighted by atomic mass is 14.9. The summed E-state index contributed by atoms with van der Waals surface area (Å²) in [5, 5.41) is 1.06. The fraction of sp³-hybridized carbons (Fsp3) is 0.273. The first-order chi connectivity index (χ1) is 6.81. The van der Waals surface area contributed by atoms with Crippen LogP contribution in [0.25, 0.3) is 11.0 Å². The Kier molecular flexibility index (Phi) is 2.41. The van der Waals surface area contributed by atoms with Crippen molar-refractivity contribution in [1.29, 1.82) is 0 Å². The topological polar surface area (TPSA) is 51.8 Å². The highest BCUT2D eigenvalue weighted by Gasteiger charge is 2.05. The van der Waals surface area contributed by atoms with E-state index in [1.807, 2.05) is 24.3 Å². The summed E-state index contributed by atoms with van der Waals surface area (Å²) in [4.78, 5) is 8.60. The van der Waals surface area contributed by atoms with Crippen LogP contribution >= 0.6 is 0 Å². The molecule has 0 fully saturated rings. The molecule has 0 aromatic carbocycles. The molecule has 2 rings (SSSR count). The molecule has 2 heterocycles. The van der Waals surface area contributed by atoms with Gasteiger partial charge < -0.3 is 5.73 Å². The van der Waals surface area contributed by atoms with Crippen LogP contribution in [-0.2, 0) is 0 Å². The Morgan fingerprint density at radius 1 is 1.36 bits per heavy atom. The SMILES string of the molecule is CCC(N)c1ccc2cccnc2n1. The molecule has 0 amide bonds. The molecule has 3 heteroatoms. The molecule has 0 radical (unpaired) electrons. The van der Waals surface area contributed by atoms with Crippen molar-refractivity contribution < 1.29 is 0 Å². The molecule has 2 N–H and O–H groups in total. The molecular weight excluding hydrogens is 174 g/mol. The van der Waals surface area contributed by atoms with Gasteiger partial charge in [-0.05, 0) is 30.7 Å². The smallest absolute Gasteiger partial charge is 0.159 e. The predicted molar refractivity (Wildman–Crippen MR) is 56.8 cm³/mol. The number of fused-ring (bicyclic) bond motifs is 1. The van der Waals surface area contributed by atoms with E-state index < -0.39 is 0 Å². The van der Waals surface area contributed by atoms with Crippen LogP contribution in [0.4, 0.5) is 0 Å². The minimum absolute atomic E-state index is 0.0152. The van der Waals surface area contributed by atoms with E-state index in [1.165, 1.54) is 0 Å². The lowest BCUT2D eigenvalue weighted by Crippen LogP contribution is -2.10. The molecule has 72 valence electrons. The molecule has 14 heavy (non-hydrogen) atoms. The van der Waals surface area contributed by atoms with Crippen LogP contribution in [0.1, 0.15) is 25.1 Å². The van der Waals surface area contributed by atoms with Gasteiger partial charge in [-0.25, -0.2) is 9.97 Å². The Morgan fingerprint density at radius 2 is 2.21 bits per heavy atom. The van der Waals surface area contributed by atoms with E-state index >= 15 is 0 Å². The van der Waals surface area contributed by atoms with Crippen molar-refractivity contribution in [2.75, 3.05) is 0 Å². The lowest BCUT2D eigenvalue weighted by atomic mass is 10.1. The van der Waals surface area contributed by atoms with Gasteiger partial charge in [0.05, 0.1) is 5.69 Å². The Bertz CT molecular complexity index is 439. The van der Waals surface area contributed by atoms with E-state index in [0.29, 0.717) is 0 Å². The number of rotatable bonds is 2. The average molecular weight is 187 g/mol. The number of aromatic nitrogens is 2. The van der Waals surface area contributed by atoms with Gasteiger partial charge in [0.25, 0.3) is 0 Å². The molecule has 0 saturated heterocycles. The van der Waals surface area contributed by atoms with Crippen molar-refractivity contribution in [2.45, 2.75) is 19.4 Å². The number of hydrogen-bond donors (Lipinski definition) is 1. The molecule has 2 aromatic rings. The van der Waals surface area contributed by atoms with E-state index in [0.717, 1.165) is 23.1 Å². The van der Waals surface area contributed by atoms with E-state index in [4.69, 9.17) is 5.73 Å². The summed E-state index contributed by atoms with van der Waals surface area (Å²) in [5.41, 5.74) is 7.58. The molecule has 1 unspecified atom stereocenters. The second-order valence-corrected chi connectivity index (χ2v) is 3.30. The molecule has 0 bridgehead atoms. The van der Waals surface area contributed by atoms with Crippen molar-refractivity contribution in [1.82, 2.24) is 9.97 Å². The van der Waals surface area contributed by atoms with Gasteiger partial charge in [0.15, 0.2) is 5.65 Å². The van der Waals surface area contributed by atoms with Crippen molar-refractivity contribution in [3.63, 3.8) is 0 Å². The standard InChI is InChI=1S/C11H13N3/c1-2-9(12)10-6-5-8-4-3-7-13-11(8)14-10/h3-7,9H,2,12H2,1H3. The minimum atomic E-state index is 0.0152. The van der Waals surface area contributed by atoms with Gasteiger partial charge in [0, 0.05) is 17.6 Å². The maximum absolute atomic E-state index is 5.90. The highest BCUT2D eigenvalue weighted by molar-refractivity contribution is 5.74. The fourth-order valence-electron chi connectivity index (χ4n) is 1.38. The summed E-state index contributed by atoms with van der Waals surface area (Å²) in [6.07, 6.45) is 2.64. The van der Waals surface area contributed by atoms with Crippen molar-refractivity contribution in [3.8, 4) is 0 Å². The van der Waals surface area contributed by atoms with Gasteiger partial charge in [0.1, 0.15) is 0 Å². The van der Waals surface area contributed by atoms with Gasteiger partial charge in [0.2, 0.25) is 0 Å². The summed E-state index contributed by atoms with van der Waals surface area (Å²) >= 11 is 0. The number of hydrogen-bond acceptors (Lipinski definition) is 3. The molecule has 0 saturated carbocycles. The van der Waals surface area contributed by atoms with Crippen molar-refractivity contribution in [3.05, 3.63) is 36.2 Å². The van der Waals surface area contributed by atoms with Gasteiger partial charge in [-0.15, -0.1) is 0 Å². The second kappa shape index (κ2) is 3.72.